The Balaban J connectivity index is 1.92. The first kappa shape index (κ1) is 14.9. The maximum Gasteiger partial charge on any atom is 0.191 e. The summed E-state index contributed by atoms with van der Waals surface area (Å²) >= 11 is 0. The number of guanidine groups is 1. The number of likely N-dealkylation sites (tertiary alicyclic amines) is 1. The molecule has 1 fully saturated rings. The Morgan fingerprint density at radius 1 is 1.40 bits per heavy atom. The van der Waals surface area contributed by atoms with Crippen LogP contribution in [0.4, 0.5) is 0 Å². The molecule has 1 heterocycles. The van der Waals surface area contributed by atoms with Crippen LogP contribution in [0.25, 0.3) is 0 Å². The summed E-state index contributed by atoms with van der Waals surface area (Å²) < 4.78 is 0. The maximum atomic E-state index is 6.14. The molecular formula is C17H27N3. The fourth-order valence-corrected chi connectivity index (χ4v) is 2.73. The van der Waals surface area contributed by atoms with Crippen molar-refractivity contribution < 1.29 is 0 Å². The predicted molar refractivity (Wildman–Crippen MR) is 86.1 cm³/mol. The number of aryl methyl sites for hydroxylation is 1. The van der Waals surface area contributed by atoms with Crippen LogP contribution in [0.3, 0.4) is 0 Å². The van der Waals surface area contributed by atoms with Crippen LogP contribution in [0, 0.1) is 12.8 Å². The van der Waals surface area contributed by atoms with E-state index in [1.165, 1.54) is 24.0 Å². The van der Waals surface area contributed by atoms with Crippen LogP contribution in [0.1, 0.15) is 43.7 Å². The molecule has 3 heteroatoms. The summed E-state index contributed by atoms with van der Waals surface area (Å²) in [5.74, 6) is 1.86. The normalized spacial score (nSPS) is 21.9. The molecule has 2 unspecified atom stereocenters. The van der Waals surface area contributed by atoms with Crippen LogP contribution in [0.5, 0.6) is 0 Å². The van der Waals surface area contributed by atoms with Gasteiger partial charge in [0.1, 0.15) is 0 Å². The van der Waals surface area contributed by atoms with E-state index in [2.05, 4.69) is 54.9 Å². The Labute approximate surface area is 122 Å². The Morgan fingerprint density at radius 3 is 2.75 bits per heavy atom. The molecule has 110 valence electrons. The van der Waals surface area contributed by atoms with Crippen molar-refractivity contribution >= 4 is 5.96 Å². The van der Waals surface area contributed by atoms with E-state index in [-0.39, 0.29) is 0 Å². The molecule has 0 aromatic heterocycles. The number of rotatable bonds is 3. The van der Waals surface area contributed by atoms with Crippen LogP contribution in [0.15, 0.2) is 29.3 Å². The first-order valence-electron chi connectivity index (χ1n) is 7.67. The highest BCUT2D eigenvalue weighted by Gasteiger charge is 2.17. The predicted octanol–water partition coefficient (Wildman–Crippen LogP) is 3.15. The van der Waals surface area contributed by atoms with Gasteiger partial charge >= 0.3 is 0 Å². The van der Waals surface area contributed by atoms with Crippen molar-refractivity contribution in [3.63, 3.8) is 0 Å². The number of aliphatic imine (C=N–C) groups is 1. The summed E-state index contributed by atoms with van der Waals surface area (Å²) in [4.78, 5) is 6.83. The third-order valence-electron chi connectivity index (χ3n) is 4.15. The lowest BCUT2D eigenvalue weighted by Crippen LogP contribution is -2.43. The fourth-order valence-electron chi connectivity index (χ4n) is 2.73. The van der Waals surface area contributed by atoms with E-state index in [0.29, 0.717) is 5.92 Å². The Kier molecular flexibility index (Phi) is 5.05. The molecule has 2 N–H and O–H groups in total. The third-order valence-corrected chi connectivity index (χ3v) is 4.15. The van der Waals surface area contributed by atoms with Crippen LogP contribution < -0.4 is 5.73 Å². The molecule has 0 amide bonds. The van der Waals surface area contributed by atoms with Crippen molar-refractivity contribution in [2.24, 2.45) is 16.6 Å². The fraction of sp³-hybridized carbons (Fsp3) is 0.588. The standard InChI is InChI=1S/C17H27N3/c1-13-6-8-16(9-7-13)15(3)11-19-17(18)20-10-4-5-14(2)12-20/h6-9,14-15H,4-5,10-12H2,1-3H3,(H2,18,19). The average Bonchev–Trinajstić information content (AvgIpc) is 2.45. The molecule has 20 heavy (non-hydrogen) atoms. The quantitative estimate of drug-likeness (QED) is 0.679. The minimum absolute atomic E-state index is 0.413. The molecule has 3 nitrogen and oxygen atoms in total. The molecule has 2 atom stereocenters. The van der Waals surface area contributed by atoms with Crippen molar-refractivity contribution in [2.75, 3.05) is 19.6 Å². The number of hydrogen-bond donors (Lipinski definition) is 1. The summed E-state index contributed by atoms with van der Waals surface area (Å²) in [6, 6.07) is 8.69. The molecule has 0 radical (unpaired) electrons. The van der Waals surface area contributed by atoms with Crippen molar-refractivity contribution in [1.82, 2.24) is 4.90 Å². The zero-order chi connectivity index (χ0) is 14.5. The molecule has 1 saturated heterocycles. The van der Waals surface area contributed by atoms with Gasteiger partial charge in [0.25, 0.3) is 0 Å². The van der Waals surface area contributed by atoms with Gasteiger partial charge in [-0.3, -0.25) is 4.99 Å². The molecule has 2 rings (SSSR count). The molecule has 0 bridgehead atoms. The van der Waals surface area contributed by atoms with E-state index in [9.17, 15) is 0 Å². The van der Waals surface area contributed by atoms with E-state index in [1.807, 2.05) is 0 Å². The maximum absolute atomic E-state index is 6.14. The highest BCUT2D eigenvalue weighted by atomic mass is 15.3. The molecular weight excluding hydrogens is 246 g/mol. The van der Waals surface area contributed by atoms with Gasteiger partial charge in [-0.2, -0.15) is 0 Å². The van der Waals surface area contributed by atoms with E-state index < -0.39 is 0 Å². The summed E-state index contributed by atoms with van der Waals surface area (Å²) in [7, 11) is 0. The third kappa shape index (κ3) is 3.99. The smallest absolute Gasteiger partial charge is 0.191 e. The van der Waals surface area contributed by atoms with Crippen molar-refractivity contribution in [2.45, 2.75) is 39.5 Å². The van der Waals surface area contributed by atoms with Gasteiger partial charge in [-0.25, -0.2) is 0 Å². The highest BCUT2D eigenvalue weighted by Crippen LogP contribution is 2.17. The lowest BCUT2D eigenvalue weighted by atomic mass is 10.00. The Hall–Kier alpha value is -1.51. The summed E-state index contributed by atoms with van der Waals surface area (Å²) in [5.41, 5.74) is 8.77. The number of hydrogen-bond acceptors (Lipinski definition) is 1. The first-order chi connectivity index (χ1) is 9.56. The van der Waals surface area contributed by atoms with Gasteiger partial charge < -0.3 is 10.6 Å². The second-order valence-corrected chi connectivity index (χ2v) is 6.20. The van der Waals surface area contributed by atoms with Crippen molar-refractivity contribution in [3.8, 4) is 0 Å². The van der Waals surface area contributed by atoms with Crippen LogP contribution in [-0.2, 0) is 0 Å². The van der Waals surface area contributed by atoms with Gasteiger partial charge in [0.15, 0.2) is 5.96 Å². The Morgan fingerprint density at radius 2 is 2.10 bits per heavy atom. The average molecular weight is 273 g/mol. The summed E-state index contributed by atoms with van der Waals surface area (Å²) in [6.45, 7) is 9.48. The van der Waals surface area contributed by atoms with Gasteiger partial charge in [0.2, 0.25) is 0 Å². The van der Waals surface area contributed by atoms with Crippen LogP contribution in [-0.4, -0.2) is 30.5 Å². The van der Waals surface area contributed by atoms with E-state index in [0.717, 1.165) is 31.5 Å². The molecule has 0 saturated carbocycles. The minimum atomic E-state index is 0.413. The molecule has 1 aromatic carbocycles. The lowest BCUT2D eigenvalue weighted by molar-refractivity contribution is 0.270. The molecule has 1 aromatic rings. The van der Waals surface area contributed by atoms with Gasteiger partial charge in [-0.15, -0.1) is 0 Å². The summed E-state index contributed by atoms with van der Waals surface area (Å²) in [6.07, 6.45) is 2.54. The van der Waals surface area contributed by atoms with Gasteiger partial charge in [0, 0.05) is 25.6 Å². The first-order valence-corrected chi connectivity index (χ1v) is 7.67. The molecule has 0 spiro atoms. The van der Waals surface area contributed by atoms with Gasteiger partial charge in [0.05, 0.1) is 0 Å². The second kappa shape index (κ2) is 6.78. The number of nitrogens with zero attached hydrogens (tertiary/aromatic N) is 2. The monoisotopic (exact) mass is 273 g/mol. The van der Waals surface area contributed by atoms with E-state index in [4.69, 9.17) is 5.73 Å². The number of piperidine rings is 1. The SMILES string of the molecule is Cc1ccc(C(C)CN=C(N)N2CCCC(C)C2)cc1. The summed E-state index contributed by atoms with van der Waals surface area (Å²) in [5, 5.41) is 0. The van der Waals surface area contributed by atoms with E-state index >= 15 is 0 Å². The van der Waals surface area contributed by atoms with Crippen LogP contribution >= 0.6 is 0 Å². The van der Waals surface area contributed by atoms with E-state index in [1.54, 1.807) is 0 Å². The van der Waals surface area contributed by atoms with Crippen molar-refractivity contribution in [1.29, 1.82) is 0 Å². The molecule has 1 aliphatic heterocycles. The lowest BCUT2D eigenvalue weighted by Gasteiger charge is -2.31. The number of benzene rings is 1. The van der Waals surface area contributed by atoms with Crippen molar-refractivity contribution in [3.05, 3.63) is 35.4 Å². The highest BCUT2D eigenvalue weighted by molar-refractivity contribution is 5.78. The largest absolute Gasteiger partial charge is 0.370 e. The topological polar surface area (TPSA) is 41.6 Å². The Bertz CT molecular complexity index is 450. The zero-order valence-electron chi connectivity index (χ0n) is 13.0. The zero-order valence-corrected chi connectivity index (χ0v) is 13.0. The van der Waals surface area contributed by atoms with Gasteiger partial charge in [-0.1, -0.05) is 43.7 Å². The molecule has 0 aliphatic carbocycles. The second-order valence-electron chi connectivity index (χ2n) is 6.20. The number of nitrogens with two attached hydrogens (primary N) is 1. The van der Waals surface area contributed by atoms with Gasteiger partial charge in [-0.05, 0) is 31.2 Å². The molecule has 1 aliphatic rings. The van der Waals surface area contributed by atoms with Crippen LogP contribution in [0.2, 0.25) is 0 Å². The minimum Gasteiger partial charge on any atom is -0.370 e.